The second-order valence-electron chi connectivity index (χ2n) is 6.72. The smallest absolute Gasteiger partial charge is 0.128 e. The third kappa shape index (κ3) is 4.13. The lowest BCUT2D eigenvalue weighted by atomic mass is 9.81. The monoisotopic (exact) mass is 293 g/mol. The van der Waals surface area contributed by atoms with E-state index >= 15 is 0 Å². The molecule has 1 unspecified atom stereocenters. The van der Waals surface area contributed by atoms with Gasteiger partial charge in [-0.1, -0.05) is 26.8 Å². The zero-order valence-corrected chi connectivity index (χ0v) is 13.8. The lowest BCUT2D eigenvalue weighted by molar-refractivity contribution is 0.158. The molecule has 1 aromatic heterocycles. The molecule has 2 rings (SSSR count). The Morgan fingerprint density at radius 1 is 1.20 bits per heavy atom. The first kappa shape index (κ1) is 15.6. The van der Waals surface area contributed by atoms with E-state index in [1.165, 1.54) is 0 Å². The van der Waals surface area contributed by atoms with Crippen molar-refractivity contribution in [3.63, 3.8) is 0 Å². The minimum absolute atomic E-state index is 0.333. The predicted octanol–water partition coefficient (Wildman–Crippen LogP) is 2.80. The largest absolute Gasteiger partial charge is 0.354 e. The molecule has 20 heavy (non-hydrogen) atoms. The molecule has 0 saturated carbocycles. The van der Waals surface area contributed by atoms with Gasteiger partial charge in [0.1, 0.15) is 5.82 Å². The van der Waals surface area contributed by atoms with Crippen LogP contribution in [-0.2, 0) is 0 Å². The van der Waals surface area contributed by atoms with Gasteiger partial charge in [0.15, 0.2) is 0 Å². The maximum absolute atomic E-state index is 4.54. The van der Waals surface area contributed by atoms with Crippen molar-refractivity contribution in [1.29, 1.82) is 0 Å². The molecule has 1 aromatic rings. The van der Waals surface area contributed by atoms with Crippen molar-refractivity contribution in [3.8, 4) is 0 Å². The van der Waals surface area contributed by atoms with Crippen molar-refractivity contribution in [1.82, 2.24) is 9.88 Å². The van der Waals surface area contributed by atoms with Crippen LogP contribution in [0.25, 0.3) is 0 Å². The van der Waals surface area contributed by atoms with Crippen LogP contribution < -0.4 is 4.90 Å². The zero-order chi connectivity index (χ0) is 14.6. The van der Waals surface area contributed by atoms with Crippen LogP contribution in [0.2, 0.25) is 0 Å². The number of nitrogens with zero attached hydrogens (tertiary/aromatic N) is 3. The maximum atomic E-state index is 4.54. The third-order valence-electron chi connectivity index (χ3n) is 4.27. The molecule has 2 heterocycles. The van der Waals surface area contributed by atoms with Crippen LogP contribution in [0.5, 0.6) is 0 Å². The van der Waals surface area contributed by atoms with E-state index in [1.807, 2.05) is 12.3 Å². The van der Waals surface area contributed by atoms with E-state index in [0.717, 1.165) is 44.3 Å². The number of hydrogen-bond acceptors (Lipinski definition) is 4. The van der Waals surface area contributed by atoms with Gasteiger partial charge in [-0.3, -0.25) is 4.90 Å². The summed E-state index contributed by atoms with van der Waals surface area (Å²) in [4.78, 5) is 9.39. The van der Waals surface area contributed by atoms with Crippen molar-refractivity contribution in [2.75, 3.05) is 43.4 Å². The Bertz CT molecular complexity index is 394. The highest BCUT2D eigenvalue weighted by atomic mass is 32.1. The van der Waals surface area contributed by atoms with E-state index in [9.17, 15) is 0 Å². The SMILES string of the molecule is CC(C)(C)C(CS)CN1CCN(c2ccccn2)CC1. The van der Waals surface area contributed by atoms with Gasteiger partial charge in [-0.2, -0.15) is 12.6 Å². The summed E-state index contributed by atoms with van der Waals surface area (Å²) >= 11 is 4.54. The Labute approximate surface area is 128 Å². The Morgan fingerprint density at radius 2 is 1.90 bits per heavy atom. The van der Waals surface area contributed by atoms with E-state index < -0.39 is 0 Å². The number of pyridine rings is 1. The molecule has 0 radical (unpaired) electrons. The van der Waals surface area contributed by atoms with Crippen LogP contribution in [0.15, 0.2) is 24.4 Å². The van der Waals surface area contributed by atoms with Gasteiger partial charge in [-0.25, -0.2) is 4.98 Å². The summed E-state index contributed by atoms with van der Waals surface area (Å²) in [6.45, 7) is 12.5. The molecule has 0 aromatic carbocycles. The van der Waals surface area contributed by atoms with E-state index in [2.05, 4.69) is 60.3 Å². The number of thiol groups is 1. The lowest BCUT2D eigenvalue weighted by Crippen LogP contribution is -2.49. The van der Waals surface area contributed by atoms with E-state index in [4.69, 9.17) is 0 Å². The molecule has 0 spiro atoms. The average molecular weight is 293 g/mol. The molecule has 1 atom stereocenters. The molecule has 0 amide bonds. The van der Waals surface area contributed by atoms with Crippen molar-refractivity contribution in [2.24, 2.45) is 11.3 Å². The second-order valence-corrected chi connectivity index (χ2v) is 7.09. The lowest BCUT2D eigenvalue weighted by Gasteiger charge is -2.39. The van der Waals surface area contributed by atoms with Gasteiger partial charge < -0.3 is 4.90 Å². The highest BCUT2D eigenvalue weighted by Crippen LogP contribution is 2.28. The van der Waals surface area contributed by atoms with E-state index in [-0.39, 0.29) is 0 Å². The number of aromatic nitrogens is 1. The van der Waals surface area contributed by atoms with Crippen LogP contribution in [0.3, 0.4) is 0 Å². The normalized spacial score (nSPS) is 19.1. The Morgan fingerprint density at radius 3 is 2.40 bits per heavy atom. The van der Waals surface area contributed by atoms with Gasteiger partial charge >= 0.3 is 0 Å². The summed E-state index contributed by atoms with van der Waals surface area (Å²) in [5.74, 6) is 2.71. The molecule has 3 nitrogen and oxygen atoms in total. The van der Waals surface area contributed by atoms with E-state index in [0.29, 0.717) is 11.3 Å². The van der Waals surface area contributed by atoms with Gasteiger partial charge in [0.05, 0.1) is 0 Å². The predicted molar refractivity (Wildman–Crippen MR) is 89.7 cm³/mol. The quantitative estimate of drug-likeness (QED) is 0.862. The molecule has 0 bridgehead atoms. The molecular weight excluding hydrogens is 266 g/mol. The molecule has 1 aliphatic rings. The minimum Gasteiger partial charge on any atom is -0.354 e. The second kappa shape index (κ2) is 6.81. The summed E-state index contributed by atoms with van der Waals surface area (Å²) in [5.41, 5.74) is 0.333. The van der Waals surface area contributed by atoms with Crippen LogP contribution in [0.4, 0.5) is 5.82 Å². The molecule has 4 heteroatoms. The number of anilines is 1. The topological polar surface area (TPSA) is 19.4 Å². The van der Waals surface area contributed by atoms with E-state index in [1.54, 1.807) is 0 Å². The first-order chi connectivity index (χ1) is 9.50. The molecule has 1 saturated heterocycles. The van der Waals surface area contributed by atoms with Gasteiger partial charge in [-0.15, -0.1) is 0 Å². The molecular formula is C16H27N3S. The Kier molecular flexibility index (Phi) is 5.33. The van der Waals surface area contributed by atoms with Gasteiger partial charge in [0.2, 0.25) is 0 Å². The van der Waals surface area contributed by atoms with Crippen LogP contribution in [0, 0.1) is 11.3 Å². The highest BCUT2D eigenvalue weighted by molar-refractivity contribution is 7.80. The molecule has 0 aliphatic carbocycles. The van der Waals surface area contributed by atoms with Crippen LogP contribution in [0.1, 0.15) is 20.8 Å². The summed E-state index contributed by atoms with van der Waals surface area (Å²) in [7, 11) is 0. The van der Waals surface area contributed by atoms with Crippen molar-refractivity contribution < 1.29 is 0 Å². The molecule has 0 N–H and O–H groups in total. The van der Waals surface area contributed by atoms with Crippen LogP contribution in [-0.4, -0.2) is 48.4 Å². The first-order valence-electron chi connectivity index (χ1n) is 7.50. The fourth-order valence-electron chi connectivity index (χ4n) is 2.62. The fourth-order valence-corrected chi connectivity index (χ4v) is 3.28. The minimum atomic E-state index is 0.333. The van der Waals surface area contributed by atoms with Gasteiger partial charge in [0.25, 0.3) is 0 Å². The molecule has 1 aliphatic heterocycles. The first-order valence-corrected chi connectivity index (χ1v) is 8.13. The van der Waals surface area contributed by atoms with Crippen molar-refractivity contribution >= 4 is 18.4 Å². The third-order valence-corrected chi connectivity index (χ3v) is 4.71. The van der Waals surface area contributed by atoms with Gasteiger partial charge in [-0.05, 0) is 29.2 Å². The van der Waals surface area contributed by atoms with Crippen molar-refractivity contribution in [3.05, 3.63) is 24.4 Å². The number of hydrogen-bond donors (Lipinski definition) is 1. The number of piperazine rings is 1. The summed E-state index contributed by atoms with van der Waals surface area (Å²) in [6.07, 6.45) is 1.87. The zero-order valence-electron chi connectivity index (χ0n) is 12.9. The molecule has 112 valence electrons. The van der Waals surface area contributed by atoms with Crippen LogP contribution >= 0.6 is 12.6 Å². The highest BCUT2D eigenvalue weighted by Gasteiger charge is 2.27. The summed E-state index contributed by atoms with van der Waals surface area (Å²) in [6, 6.07) is 6.13. The summed E-state index contributed by atoms with van der Waals surface area (Å²) in [5, 5.41) is 0. The molecule has 1 fully saturated rings. The number of rotatable bonds is 4. The average Bonchev–Trinajstić information content (AvgIpc) is 2.45. The Hall–Kier alpha value is -0.740. The van der Waals surface area contributed by atoms with Crippen molar-refractivity contribution in [2.45, 2.75) is 20.8 Å². The fraction of sp³-hybridized carbons (Fsp3) is 0.688. The Balaban J connectivity index is 1.85. The summed E-state index contributed by atoms with van der Waals surface area (Å²) < 4.78 is 0. The van der Waals surface area contributed by atoms with Gasteiger partial charge in [0, 0.05) is 38.9 Å². The maximum Gasteiger partial charge on any atom is 0.128 e. The standard InChI is InChI=1S/C16H27N3S/c1-16(2,3)14(13-20)12-18-8-10-19(11-9-18)15-6-4-5-7-17-15/h4-7,14,20H,8-13H2,1-3H3.